The van der Waals surface area contributed by atoms with Crippen LogP contribution in [0.15, 0.2) is 6.20 Å². The highest BCUT2D eigenvalue weighted by Crippen LogP contribution is 2.05. The zero-order valence-corrected chi connectivity index (χ0v) is 8.29. The highest BCUT2D eigenvalue weighted by Gasteiger charge is 2.19. The van der Waals surface area contributed by atoms with Crippen molar-refractivity contribution < 1.29 is 9.59 Å². The molecule has 0 aliphatic carbocycles. The number of nitrogens with zero attached hydrogens (tertiary/aromatic N) is 2. The first-order chi connectivity index (χ1) is 6.57. The van der Waals surface area contributed by atoms with E-state index in [0.717, 1.165) is 4.90 Å². The van der Waals surface area contributed by atoms with Gasteiger partial charge < -0.3 is 5.32 Å². The Hall–Kier alpha value is -1.85. The molecule has 1 rings (SSSR count). The van der Waals surface area contributed by atoms with E-state index in [1.807, 2.05) is 0 Å². The number of aromatic amines is 1. The first-order valence-corrected chi connectivity index (χ1v) is 4.07. The van der Waals surface area contributed by atoms with E-state index >= 15 is 0 Å². The molecular formula is C8H12N4O2. The van der Waals surface area contributed by atoms with Crippen LogP contribution in [0, 0.1) is 6.92 Å². The van der Waals surface area contributed by atoms with Crippen LogP contribution in [0.3, 0.4) is 0 Å². The van der Waals surface area contributed by atoms with E-state index in [1.165, 1.54) is 20.3 Å². The molecule has 0 unspecified atom stereocenters. The molecule has 0 atom stereocenters. The van der Waals surface area contributed by atoms with E-state index in [9.17, 15) is 9.59 Å². The van der Waals surface area contributed by atoms with Crippen molar-refractivity contribution in [3.05, 3.63) is 17.5 Å². The first kappa shape index (κ1) is 10.2. The number of H-pyrrole nitrogens is 1. The zero-order valence-electron chi connectivity index (χ0n) is 8.29. The SMILES string of the molecule is CNC(=O)N(C)C(=O)c1cn[nH]c1C. The van der Waals surface area contributed by atoms with Gasteiger partial charge in [0.05, 0.1) is 11.8 Å². The number of aryl methyl sites for hydroxylation is 1. The van der Waals surface area contributed by atoms with Gasteiger partial charge in [-0.15, -0.1) is 0 Å². The third-order valence-corrected chi connectivity index (χ3v) is 1.88. The molecule has 0 saturated carbocycles. The third kappa shape index (κ3) is 1.73. The maximum Gasteiger partial charge on any atom is 0.323 e. The Morgan fingerprint density at radius 3 is 2.64 bits per heavy atom. The number of urea groups is 1. The molecule has 1 heterocycles. The van der Waals surface area contributed by atoms with Crippen LogP contribution in [0.1, 0.15) is 16.1 Å². The molecule has 1 aromatic heterocycles. The molecule has 76 valence electrons. The Kier molecular flexibility index (Phi) is 2.85. The minimum absolute atomic E-state index is 0.379. The van der Waals surface area contributed by atoms with Crippen LogP contribution in [0.25, 0.3) is 0 Å². The molecule has 3 amide bonds. The molecule has 0 spiro atoms. The summed E-state index contributed by atoms with van der Waals surface area (Å²) < 4.78 is 0. The lowest BCUT2D eigenvalue weighted by Gasteiger charge is -2.13. The summed E-state index contributed by atoms with van der Waals surface area (Å²) in [5.74, 6) is -0.379. The average molecular weight is 196 g/mol. The maximum absolute atomic E-state index is 11.6. The van der Waals surface area contributed by atoms with Gasteiger partial charge in [0.2, 0.25) is 0 Å². The lowest BCUT2D eigenvalue weighted by molar-refractivity contribution is 0.0832. The Balaban J connectivity index is 2.86. The number of aromatic nitrogens is 2. The molecule has 0 radical (unpaired) electrons. The predicted molar refractivity (Wildman–Crippen MR) is 49.9 cm³/mol. The quantitative estimate of drug-likeness (QED) is 0.670. The number of carbonyl (C=O) groups excluding carboxylic acids is 2. The van der Waals surface area contributed by atoms with Crippen molar-refractivity contribution in [1.82, 2.24) is 20.4 Å². The molecule has 6 heteroatoms. The molecule has 0 aliphatic rings. The van der Waals surface area contributed by atoms with Crippen molar-refractivity contribution >= 4 is 11.9 Å². The van der Waals surface area contributed by atoms with Gasteiger partial charge in [0.1, 0.15) is 0 Å². The second kappa shape index (κ2) is 3.91. The van der Waals surface area contributed by atoms with Crippen molar-refractivity contribution in [3.63, 3.8) is 0 Å². The van der Waals surface area contributed by atoms with E-state index in [4.69, 9.17) is 0 Å². The summed E-state index contributed by atoms with van der Waals surface area (Å²) in [6, 6.07) is -0.449. The summed E-state index contributed by atoms with van der Waals surface area (Å²) >= 11 is 0. The van der Waals surface area contributed by atoms with Crippen molar-refractivity contribution in [2.75, 3.05) is 14.1 Å². The van der Waals surface area contributed by atoms with Gasteiger partial charge in [0.25, 0.3) is 5.91 Å². The van der Waals surface area contributed by atoms with Crippen LogP contribution in [-0.2, 0) is 0 Å². The zero-order chi connectivity index (χ0) is 10.7. The molecule has 6 nitrogen and oxygen atoms in total. The minimum Gasteiger partial charge on any atom is -0.341 e. The number of hydrogen-bond donors (Lipinski definition) is 2. The van der Waals surface area contributed by atoms with E-state index in [-0.39, 0.29) is 5.91 Å². The summed E-state index contributed by atoms with van der Waals surface area (Å²) in [4.78, 5) is 23.8. The number of imide groups is 1. The second-order valence-electron chi connectivity index (χ2n) is 2.83. The van der Waals surface area contributed by atoms with Crippen molar-refractivity contribution in [2.45, 2.75) is 6.92 Å². The normalized spacial score (nSPS) is 9.64. The largest absolute Gasteiger partial charge is 0.341 e. The molecule has 0 bridgehead atoms. The van der Waals surface area contributed by atoms with Crippen LogP contribution >= 0.6 is 0 Å². The number of amides is 3. The van der Waals surface area contributed by atoms with Crippen LogP contribution in [0.5, 0.6) is 0 Å². The molecular weight excluding hydrogens is 184 g/mol. The highest BCUT2D eigenvalue weighted by atomic mass is 16.2. The lowest BCUT2D eigenvalue weighted by atomic mass is 10.2. The summed E-state index contributed by atoms with van der Waals surface area (Å²) in [5.41, 5.74) is 1.04. The Morgan fingerprint density at radius 2 is 2.21 bits per heavy atom. The number of hydrogen-bond acceptors (Lipinski definition) is 3. The second-order valence-corrected chi connectivity index (χ2v) is 2.83. The monoisotopic (exact) mass is 196 g/mol. The summed E-state index contributed by atoms with van der Waals surface area (Å²) in [5, 5.41) is 8.70. The van der Waals surface area contributed by atoms with E-state index in [1.54, 1.807) is 6.92 Å². The van der Waals surface area contributed by atoms with Crippen molar-refractivity contribution in [3.8, 4) is 0 Å². The van der Waals surface area contributed by atoms with Gasteiger partial charge in [-0.1, -0.05) is 0 Å². The summed E-state index contributed by atoms with van der Waals surface area (Å²) in [7, 11) is 2.88. The minimum atomic E-state index is -0.449. The first-order valence-electron chi connectivity index (χ1n) is 4.07. The molecule has 1 aromatic rings. The Bertz CT molecular complexity index is 358. The molecule has 0 aliphatic heterocycles. The van der Waals surface area contributed by atoms with Gasteiger partial charge in [-0.25, -0.2) is 4.79 Å². The smallest absolute Gasteiger partial charge is 0.323 e. The Morgan fingerprint density at radius 1 is 1.57 bits per heavy atom. The van der Waals surface area contributed by atoms with Crippen LogP contribution in [-0.4, -0.2) is 41.1 Å². The fourth-order valence-electron chi connectivity index (χ4n) is 1.01. The Labute approximate surface area is 81.3 Å². The third-order valence-electron chi connectivity index (χ3n) is 1.88. The van der Waals surface area contributed by atoms with Crippen LogP contribution < -0.4 is 5.32 Å². The van der Waals surface area contributed by atoms with Crippen molar-refractivity contribution in [1.29, 1.82) is 0 Å². The fourth-order valence-corrected chi connectivity index (χ4v) is 1.01. The lowest BCUT2D eigenvalue weighted by Crippen LogP contribution is -2.39. The molecule has 0 saturated heterocycles. The highest BCUT2D eigenvalue weighted by molar-refractivity contribution is 6.04. The summed E-state index contributed by atoms with van der Waals surface area (Å²) in [6.45, 7) is 1.72. The standard InChI is InChI=1S/C8H12N4O2/c1-5-6(4-10-11-5)7(13)12(3)8(14)9-2/h4H,1-3H3,(H,9,14)(H,10,11). The van der Waals surface area contributed by atoms with Gasteiger partial charge in [0.15, 0.2) is 0 Å². The average Bonchev–Trinajstić information content (AvgIpc) is 2.61. The van der Waals surface area contributed by atoms with Gasteiger partial charge in [-0.2, -0.15) is 5.10 Å². The number of rotatable bonds is 1. The maximum atomic E-state index is 11.6. The topological polar surface area (TPSA) is 78.1 Å². The van der Waals surface area contributed by atoms with Gasteiger partial charge in [-0.3, -0.25) is 14.8 Å². The molecule has 2 N–H and O–H groups in total. The van der Waals surface area contributed by atoms with Crippen LogP contribution in [0.2, 0.25) is 0 Å². The van der Waals surface area contributed by atoms with Crippen molar-refractivity contribution in [2.24, 2.45) is 0 Å². The molecule has 0 aromatic carbocycles. The molecule has 0 fully saturated rings. The summed E-state index contributed by atoms with van der Waals surface area (Å²) in [6.07, 6.45) is 1.40. The van der Waals surface area contributed by atoms with Gasteiger partial charge in [0, 0.05) is 19.8 Å². The fraction of sp³-hybridized carbons (Fsp3) is 0.375. The number of nitrogens with one attached hydrogen (secondary N) is 2. The molecule has 14 heavy (non-hydrogen) atoms. The van der Waals surface area contributed by atoms with E-state index < -0.39 is 6.03 Å². The van der Waals surface area contributed by atoms with Gasteiger partial charge >= 0.3 is 6.03 Å². The number of carbonyl (C=O) groups is 2. The van der Waals surface area contributed by atoms with Crippen LogP contribution in [0.4, 0.5) is 4.79 Å². The van der Waals surface area contributed by atoms with Gasteiger partial charge in [-0.05, 0) is 6.92 Å². The predicted octanol–water partition coefficient (Wildman–Crippen LogP) is 0.130. The van der Waals surface area contributed by atoms with E-state index in [2.05, 4.69) is 15.5 Å². The van der Waals surface area contributed by atoms with E-state index in [0.29, 0.717) is 11.3 Å².